The first-order chi connectivity index (χ1) is 20.8. The maximum atomic E-state index is 10.2. The fourth-order valence-electron chi connectivity index (χ4n) is 6.28. The average Bonchev–Trinajstić information content (AvgIpc) is 3.35. The van der Waals surface area contributed by atoms with Crippen molar-refractivity contribution in [2.24, 2.45) is 12.5 Å². The summed E-state index contributed by atoms with van der Waals surface area (Å²) in [5, 5.41) is 13.7. The average molecular weight is 594 g/mol. The molecule has 3 nitrogen and oxygen atoms in total. The zero-order valence-corrected chi connectivity index (χ0v) is 28.2. The molecule has 220 valence electrons. The van der Waals surface area contributed by atoms with Gasteiger partial charge in [0.2, 0.25) is 5.69 Å². The van der Waals surface area contributed by atoms with E-state index in [4.69, 9.17) is 4.42 Å². The summed E-state index contributed by atoms with van der Waals surface area (Å²) in [7, 11) is 0.673. The monoisotopic (exact) mass is 593 g/mol. The Balaban J connectivity index is 1.52. The Kier molecular flexibility index (Phi) is 7.34. The minimum Gasteiger partial charge on any atom is -0.454 e. The SMILES string of the molecule is Cc1ccc2c(oc3c(-c4ccc(-c5cccc([Si](C)(C)C)c5)cc4)c(C#N)ccc32)c1-c1cc(CC(C)(C)C)cc[n+]1C. The molecule has 0 spiro atoms. The second-order valence-corrected chi connectivity index (χ2v) is 19.5. The van der Waals surface area contributed by atoms with Gasteiger partial charge in [0.25, 0.3) is 0 Å². The number of aromatic nitrogens is 1. The minimum atomic E-state index is -1.42. The number of hydrogen-bond donors (Lipinski definition) is 0. The summed E-state index contributed by atoms with van der Waals surface area (Å²) in [6, 6.07) is 32.8. The van der Waals surface area contributed by atoms with Gasteiger partial charge in [-0.15, -0.1) is 0 Å². The predicted molar refractivity (Wildman–Crippen MR) is 187 cm³/mol. The summed E-state index contributed by atoms with van der Waals surface area (Å²) in [5.74, 6) is 0. The van der Waals surface area contributed by atoms with Crippen LogP contribution in [-0.2, 0) is 13.5 Å². The molecule has 0 atom stereocenters. The van der Waals surface area contributed by atoms with Crippen molar-refractivity contribution in [2.45, 2.75) is 53.8 Å². The van der Waals surface area contributed by atoms with Crippen molar-refractivity contribution in [3.05, 3.63) is 108 Å². The zero-order valence-electron chi connectivity index (χ0n) is 27.2. The third kappa shape index (κ3) is 5.49. The van der Waals surface area contributed by atoms with Crippen molar-refractivity contribution < 1.29 is 8.98 Å². The van der Waals surface area contributed by atoms with Gasteiger partial charge in [-0.3, -0.25) is 0 Å². The molecular weight excluding hydrogens is 553 g/mol. The molecule has 2 heterocycles. The van der Waals surface area contributed by atoms with E-state index in [0.717, 1.165) is 56.3 Å². The van der Waals surface area contributed by atoms with E-state index in [1.807, 2.05) is 12.1 Å². The van der Waals surface area contributed by atoms with Gasteiger partial charge in [0.05, 0.1) is 25.3 Å². The Bertz CT molecular complexity index is 2080. The Morgan fingerprint density at radius 1 is 0.773 bits per heavy atom. The maximum Gasteiger partial charge on any atom is 0.216 e. The van der Waals surface area contributed by atoms with E-state index in [2.05, 4.69) is 144 Å². The van der Waals surface area contributed by atoms with Crippen LogP contribution in [0.2, 0.25) is 19.6 Å². The Morgan fingerprint density at radius 3 is 2.09 bits per heavy atom. The van der Waals surface area contributed by atoms with Crippen molar-refractivity contribution in [1.29, 1.82) is 5.26 Å². The number of nitrogens with zero attached hydrogens (tertiary/aromatic N) is 2. The molecule has 6 rings (SSSR count). The molecule has 0 radical (unpaired) electrons. The van der Waals surface area contributed by atoms with Crippen molar-refractivity contribution in [3.8, 4) is 39.6 Å². The highest BCUT2D eigenvalue weighted by atomic mass is 28.3. The van der Waals surface area contributed by atoms with E-state index < -0.39 is 8.07 Å². The van der Waals surface area contributed by atoms with Crippen molar-refractivity contribution in [1.82, 2.24) is 0 Å². The van der Waals surface area contributed by atoms with Crippen molar-refractivity contribution in [2.75, 3.05) is 0 Å². The molecule has 0 fully saturated rings. The largest absolute Gasteiger partial charge is 0.454 e. The molecule has 0 aliphatic carbocycles. The highest BCUT2D eigenvalue weighted by Crippen LogP contribution is 2.42. The molecule has 6 aromatic rings. The van der Waals surface area contributed by atoms with Crippen LogP contribution in [0.15, 0.2) is 95.5 Å². The van der Waals surface area contributed by atoms with Gasteiger partial charge < -0.3 is 4.42 Å². The predicted octanol–water partition coefficient (Wildman–Crippen LogP) is 9.73. The minimum absolute atomic E-state index is 0.187. The van der Waals surface area contributed by atoms with Gasteiger partial charge >= 0.3 is 0 Å². The van der Waals surface area contributed by atoms with Gasteiger partial charge in [0, 0.05) is 28.5 Å². The van der Waals surface area contributed by atoms with Crippen LogP contribution in [-0.4, -0.2) is 8.07 Å². The first-order valence-electron chi connectivity index (χ1n) is 15.4. The van der Waals surface area contributed by atoms with Crippen LogP contribution in [0.4, 0.5) is 0 Å². The summed E-state index contributed by atoms with van der Waals surface area (Å²) < 4.78 is 9.03. The lowest BCUT2D eigenvalue weighted by Crippen LogP contribution is -2.37. The van der Waals surface area contributed by atoms with Crippen LogP contribution in [0.3, 0.4) is 0 Å². The summed E-state index contributed by atoms with van der Waals surface area (Å²) in [6.45, 7) is 16.1. The van der Waals surface area contributed by atoms with Gasteiger partial charge in [0.15, 0.2) is 6.20 Å². The van der Waals surface area contributed by atoms with Crippen LogP contribution in [0.25, 0.3) is 55.4 Å². The van der Waals surface area contributed by atoms with E-state index >= 15 is 0 Å². The van der Waals surface area contributed by atoms with Gasteiger partial charge in [-0.1, -0.05) is 106 Å². The lowest BCUT2D eigenvalue weighted by Gasteiger charge is -2.18. The van der Waals surface area contributed by atoms with E-state index in [0.29, 0.717) is 5.56 Å². The molecule has 0 N–H and O–H groups in total. The number of aryl methyl sites for hydroxylation is 2. The molecule has 0 amide bonds. The second kappa shape index (κ2) is 10.9. The van der Waals surface area contributed by atoms with Gasteiger partial charge in [-0.25, -0.2) is 4.57 Å². The van der Waals surface area contributed by atoms with E-state index in [9.17, 15) is 5.26 Å². The van der Waals surface area contributed by atoms with Crippen LogP contribution in [0.1, 0.15) is 37.5 Å². The summed E-state index contributed by atoms with van der Waals surface area (Å²) in [5.41, 5.74) is 11.3. The fourth-order valence-corrected chi connectivity index (χ4v) is 7.46. The van der Waals surface area contributed by atoms with Gasteiger partial charge in [-0.2, -0.15) is 5.26 Å². The zero-order chi connectivity index (χ0) is 31.4. The van der Waals surface area contributed by atoms with Crippen LogP contribution >= 0.6 is 0 Å². The maximum absolute atomic E-state index is 10.2. The highest BCUT2D eigenvalue weighted by molar-refractivity contribution is 6.88. The third-order valence-corrected chi connectivity index (χ3v) is 10.6. The lowest BCUT2D eigenvalue weighted by molar-refractivity contribution is -0.660. The number of furan rings is 1. The normalized spacial score (nSPS) is 12.2. The van der Waals surface area contributed by atoms with Crippen molar-refractivity contribution in [3.63, 3.8) is 0 Å². The Morgan fingerprint density at radius 2 is 1.43 bits per heavy atom. The molecule has 4 aromatic carbocycles. The molecule has 0 bridgehead atoms. The quantitative estimate of drug-likeness (QED) is 0.147. The number of hydrogen-bond acceptors (Lipinski definition) is 2. The second-order valence-electron chi connectivity index (χ2n) is 14.4. The molecule has 2 aromatic heterocycles. The molecule has 44 heavy (non-hydrogen) atoms. The summed E-state index contributed by atoms with van der Waals surface area (Å²) in [4.78, 5) is 0. The highest BCUT2D eigenvalue weighted by Gasteiger charge is 2.24. The van der Waals surface area contributed by atoms with Crippen LogP contribution in [0.5, 0.6) is 0 Å². The molecule has 0 aliphatic heterocycles. The summed E-state index contributed by atoms with van der Waals surface area (Å²) in [6.07, 6.45) is 3.14. The number of fused-ring (bicyclic) bond motifs is 3. The first kappa shape index (κ1) is 29.6. The standard InChI is InChI=1S/C40H41N2OSi/c1-26-12-18-33-34-19-17-31(25-41)37(29-15-13-28(14-16-29)30-10-9-11-32(23-30)44(6,7)8)39(34)43-38(33)36(26)35-22-27(20-21-42(35)5)24-40(2,3)4/h9-23H,24H2,1-8H3/q+1. The smallest absolute Gasteiger partial charge is 0.216 e. The molecular formula is C40H41N2OSi+. The number of rotatable bonds is 5. The lowest BCUT2D eigenvalue weighted by atomic mass is 9.87. The van der Waals surface area contributed by atoms with Crippen LogP contribution in [0, 0.1) is 23.7 Å². The van der Waals surface area contributed by atoms with Crippen LogP contribution < -0.4 is 9.75 Å². The molecule has 0 saturated carbocycles. The number of nitriles is 1. The molecule has 0 aliphatic rings. The van der Waals surface area contributed by atoms with Gasteiger partial charge in [-0.05, 0) is 58.7 Å². The van der Waals surface area contributed by atoms with E-state index in [1.54, 1.807) is 0 Å². The van der Waals surface area contributed by atoms with E-state index in [-0.39, 0.29) is 5.41 Å². The van der Waals surface area contributed by atoms with Crippen molar-refractivity contribution >= 4 is 35.2 Å². The summed E-state index contributed by atoms with van der Waals surface area (Å²) >= 11 is 0. The number of benzene rings is 4. The fraction of sp³-hybridized carbons (Fsp3) is 0.250. The molecule has 0 unspecified atom stereocenters. The topological polar surface area (TPSA) is 40.8 Å². The molecule has 0 saturated heterocycles. The Labute approximate surface area is 262 Å². The third-order valence-electron chi connectivity index (χ3n) is 8.58. The van der Waals surface area contributed by atoms with E-state index in [1.165, 1.54) is 21.9 Å². The number of pyridine rings is 1. The van der Waals surface area contributed by atoms with Gasteiger partial charge in [0.1, 0.15) is 18.2 Å². The molecule has 4 heteroatoms. The Hall–Kier alpha value is -4.46. The first-order valence-corrected chi connectivity index (χ1v) is 18.9.